The quantitative estimate of drug-likeness (QED) is 0.508. The average molecular weight is 525 g/mol. The van der Waals surface area contributed by atoms with Crippen molar-refractivity contribution in [1.29, 1.82) is 0 Å². The first kappa shape index (κ1) is 23.4. The number of sulfonamides is 1. The number of methoxy groups -OCH3 is 2. The van der Waals surface area contributed by atoms with Gasteiger partial charge >= 0.3 is 0 Å². The third kappa shape index (κ3) is 3.84. The van der Waals surface area contributed by atoms with Crippen LogP contribution in [0.25, 0.3) is 4.96 Å². The third-order valence-electron chi connectivity index (χ3n) is 6.91. The van der Waals surface area contributed by atoms with E-state index >= 15 is 0 Å². The van der Waals surface area contributed by atoms with E-state index in [1.54, 1.807) is 36.9 Å². The van der Waals surface area contributed by atoms with Gasteiger partial charge in [0.1, 0.15) is 11.5 Å². The number of aromatic nitrogens is 2. The van der Waals surface area contributed by atoms with Crippen LogP contribution in [-0.2, 0) is 10.0 Å². The number of likely N-dealkylation sites (tertiary alicyclic amines) is 1. The molecule has 2 aromatic heterocycles. The Labute approximate surface area is 206 Å². The number of rotatable bonds is 5. The average Bonchev–Trinajstić information content (AvgIpc) is 3.53. The maximum Gasteiger partial charge on any atom is 0.262 e. The van der Waals surface area contributed by atoms with Crippen molar-refractivity contribution >= 4 is 43.8 Å². The second-order valence-electron chi connectivity index (χ2n) is 8.71. The number of halogens is 1. The van der Waals surface area contributed by atoms with Gasteiger partial charge in [-0.2, -0.15) is 4.31 Å². The maximum atomic E-state index is 13.4. The van der Waals surface area contributed by atoms with Crippen molar-refractivity contribution in [2.24, 2.45) is 5.41 Å². The Balaban J connectivity index is 1.30. The number of fused-ring (bicyclic) bond motifs is 1. The van der Waals surface area contributed by atoms with Crippen molar-refractivity contribution in [3.8, 4) is 11.5 Å². The van der Waals surface area contributed by atoms with Crippen LogP contribution in [-0.4, -0.2) is 73.3 Å². The third-order valence-corrected chi connectivity index (χ3v) is 9.92. The summed E-state index contributed by atoms with van der Waals surface area (Å²) in [5, 5.41) is 1.81. The molecule has 2 aliphatic rings. The van der Waals surface area contributed by atoms with E-state index < -0.39 is 10.0 Å². The Morgan fingerprint density at radius 2 is 1.88 bits per heavy atom. The predicted molar refractivity (Wildman–Crippen MR) is 129 cm³/mol. The van der Waals surface area contributed by atoms with Gasteiger partial charge in [-0.05, 0) is 42.9 Å². The van der Waals surface area contributed by atoms with E-state index in [1.165, 1.54) is 27.2 Å². The van der Waals surface area contributed by atoms with Gasteiger partial charge in [0.2, 0.25) is 0 Å². The molecule has 2 fully saturated rings. The summed E-state index contributed by atoms with van der Waals surface area (Å²) < 4.78 is 40.6. The van der Waals surface area contributed by atoms with Crippen LogP contribution in [0.15, 0.2) is 34.8 Å². The zero-order valence-electron chi connectivity index (χ0n) is 18.9. The molecule has 0 aliphatic carbocycles. The molecule has 1 amide bonds. The van der Waals surface area contributed by atoms with Gasteiger partial charge in [-0.15, -0.1) is 11.3 Å². The number of nitrogens with zero attached hydrogens (tertiary/aromatic N) is 4. The summed E-state index contributed by atoms with van der Waals surface area (Å²) >= 11 is 7.55. The molecule has 2 aliphatic heterocycles. The number of carbonyl (C=O) groups excluding carboxylic acids is 1. The standard InChI is InChI=1S/C22H25ClN4O5S2/c1-31-15-3-4-17(32-2)16(13-15)19(28)25-8-5-22(6-9-25)7-10-26(14-22)34(29,30)20-18(23)24-21-27(20)11-12-33-21/h3-4,11-13H,5-10,14H2,1-2H3. The molecule has 0 N–H and O–H groups in total. The number of imidazole rings is 1. The smallest absolute Gasteiger partial charge is 0.262 e. The fourth-order valence-electron chi connectivity index (χ4n) is 4.93. The first-order valence-electron chi connectivity index (χ1n) is 10.9. The summed E-state index contributed by atoms with van der Waals surface area (Å²) in [4.78, 5) is 19.8. The maximum absolute atomic E-state index is 13.4. The van der Waals surface area contributed by atoms with Crippen molar-refractivity contribution < 1.29 is 22.7 Å². The largest absolute Gasteiger partial charge is 0.497 e. The van der Waals surface area contributed by atoms with E-state index in [9.17, 15) is 13.2 Å². The highest BCUT2D eigenvalue weighted by Crippen LogP contribution is 2.43. The molecule has 34 heavy (non-hydrogen) atoms. The van der Waals surface area contributed by atoms with E-state index in [0.717, 1.165) is 19.3 Å². The summed E-state index contributed by atoms with van der Waals surface area (Å²) in [5.74, 6) is 0.980. The van der Waals surface area contributed by atoms with Crippen LogP contribution in [0.2, 0.25) is 5.15 Å². The first-order chi connectivity index (χ1) is 16.3. The SMILES string of the molecule is COc1ccc(OC)c(C(=O)N2CCC3(CC2)CCN(S(=O)(=O)c2c(Cl)nc4sccn24)C3)c1. The fraction of sp³-hybridized carbons (Fsp3) is 0.455. The Hall–Kier alpha value is -2.34. The molecule has 4 heterocycles. The zero-order chi connectivity index (χ0) is 24.1. The minimum atomic E-state index is -3.79. The second kappa shape index (κ2) is 8.71. The second-order valence-corrected chi connectivity index (χ2v) is 11.8. The number of carbonyl (C=O) groups is 1. The van der Waals surface area contributed by atoms with Crippen molar-refractivity contribution in [3.63, 3.8) is 0 Å². The van der Waals surface area contributed by atoms with E-state index in [0.29, 0.717) is 48.2 Å². The number of hydrogen-bond donors (Lipinski definition) is 0. The summed E-state index contributed by atoms with van der Waals surface area (Å²) in [7, 11) is -0.697. The Kier molecular flexibility index (Phi) is 5.99. The fourth-order valence-corrected chi connectivity index (χ4v) is 7.89. The molecule has 0 atom stereocenters. The lowest BCUT2D eigenvalue weighted by Gasteiger charge is -2.39. The molecule has 0 unspecified atom stereocenters. The molecular formula is C22H25ClN4O5S2. The molecule has 1 aromatic carbocycles. The summed E-state index contributed by atoms with van der Waals surface area (Å²) in [6.07, 6.45) is 3.88. The number of ether oxygens (including phenoxy) is 2. The van der Waals surface area contributed by atoms with Gasteiger partial charge < -0.3 is 14.4 Å². The molecule has 0 radical (unpaired) electrons. The highest BCUT2D eigenvalue weighted by atomic mass is 35.5. The zero-order valence-corrected chi connectivity index (χ0v) is 21.2. The van der Waals surface area contributed by atoms with E-state index in [1.807, 2.05) is 4.90 Å². The van der Waals surface area contributed by atoms with Gasteiger partial charge in [0, 0.05) is 37.8 Å². The van der Waals surface area contributed by atoms with E-state index in [4.69, 9.17) is 21.1 Å². The first-order valence-corrected chi connectivity index (χ1v) is 13.6. The molecule has 1 spiro atoms. The molecule has 12 heteroatoms. The van der Waals surface area contributed by atoms with Crippen LogP contribution in [0.3, 0.4) is 0 Å². The lowest BCUT2D eigenvalue weighted by Crippen LogP contribution is -2.44. The molecule has 9 nitrogen and oxygen atoms in total. The molecule has 5 rings (SSSR count). The van der Waals surface area contributed by atoms with Gasteiger partial charge in [0.25, 0.3) is 15.9 Å². The summed E-state index contributed by atoms with van der Waals surface area (Å²) in [6, 6.07) is 5.17. The Morgan fingerprint density at radius 3 is 2.59 bits per heavy atom. The minimum Gasteiger partial charge on any atom is -0.497 e. The molecular weight excluding hydrogens is 500 g/mol. The monoisotopic (exact) mass is 524 g/mol. The number of thiazole rings is 1. The van der Waals surface area contributed by atoms with Gasteiger partial charge in [0.05, 0.1) is 19.8 Å². The van der Waals surface area contributed by atoms with Crippen LogP contribution < -0.4 is 9.47 Å². The highest BCUT2D eigenvalue weighted by Gasteiger charge is 2.46. The molecule has 2 saturated heterocycles. The molecule has 182 valence electrons. The van der Waals surface area contributed by atoms with Crippen molar-refractivity contribution in [3.05, 3.63) is 40.5 Å². The lowest BCUT2D eigenvalue weighted by atomic mass is 9.78. The van der Waals surface area contributed by atoms with Crippen LogP contribution in [0.1, 0.15) is 29.6 Å². The minimum absolute atomic E-state index is 0.000419. The summed E-state index contributed by atoms with van der Waals surface area (Å²) in [6.45, 7) is 1.94. The normalized spacial score (nSPS) is 18.6. The highest BCUT2D eigenvalue weighted by molar-refractivity contribution is 7.89. The molecule has 3 aromatic rings. The lowest BCUT2D eigenvalue weighted by molar-refractivity contribution is 0.0596. The van der Waals surface area contributed by atoms with Crippen LogP contribution in [0, 0.1) is 5.41 Å². The van der Waals surface area contributed by atoms with E-state index in [2.05, 4.69) is 4.98 Å². The van der Waals surface area contributed by atoms with E-state index in [-0.39, 0.29) is 21.5 Å². The van der Waals surface area contributed by atoms with Gasteiger partial charge in [-0.1, -0.05) is 11.6 Å². The molecule has 0 saturated carbocycles. The predicted octanol–water partition coefficient (Wildman–Crippen LogP) is 3.38. The van der Waals surface area contributed by atoms with Gasteiger partial charge in [0.15, 0.2) is 15.1 Å². The topological polar surface area (TPSA) is 93.5 Å². The number of amides is 1. The molecule has 0 bridgehead atoms. The number of piperidine rings is 1. The number of benzene rings is 1. The van der Waals surface area contributed by atoms with Crippen LogP contribution >= 0.6 is 22.9 Å². The van der Waals surface area contributed by atoms with Crippen molar-refractivity contribution in [1.82, 2.24) is 18.6 Å². The number of hydrogen-bond acceptors (Lipinski definition) is 7. The Morgan fingerprint density at radius 1 is 1.15 bits per heavy atom. The van der Waals surface area contributed by atoms with Crippen molar-refractivity contribution in [2.45, 2.75) is 24.3 Å². The van der Waals surface area contributed by atoms with Crippen molar-refractivity contribution in [2.75, 3.05) is 40.4 Å². The summed E-state index contributed by atoms with van der Waals surface area (Å²) in [5.41, 5.74) is 0.302. The van der Waals surface area contributed by atoms with Gasteiger partial charge in [-0.25, -0.2) is 13.4 Å². The van der Waals surface area contributed by atoms with Crippen LogP contribution in [0.5, 0.6) is 11.5 Å². The Bertz CT molecular complexity index is 1340. The van der Waals surface area contributed by atoms with Gasteiger partial charge in [-0.3, -0.25) is 9.20 Å². The van der Waals surface area contributed by atoms with Crippen LogP contribution in [0.4, 0.5) is 0 Å².